The van der Waals surface area contributed by atoms with Crippen molar-refractivity contribution >= 4 is 11.8 Å². The predicted octanol–water partition coefficient (Wildman–Crippen LogP) is 5.49. The SMILES string of the molecule is CO[C@@H]1C[C@@H]([C@@H]2CC=C3[C@@]4(C)[C@H](CC[C@]32C)[C@@]2(C)C=CC(=O)C(C)(C)[C@@H]2C[C@H]4OC(C)=O)CO1. The number of rotatable bonds is 3. The minimum atomic E-state index is -0.465. The van der Waals surface area contributed by atoms with E-state index in [2.05, 4.69) is 46.8 Å². The monoisotopic (exact) mass is 470 g/mol. The molecule has 1 saturated heterocycles. The quantitative estimate of drug-likeness (QED) is 0.403. The van der Waals surface area contributed by atoms with Crippen LogP contribution >= 0.6 is 0 Å². The third-order valence-corrected chi connectivity index (χ3v) is 11.1. The summed E-state index contributed by atoms with van der Waals surface area (Å²) >= 11 is 0. The number of hydrogen-bond donors (Lipinski definition) is 0. The molecule has 34 heavy (non-hydrogen) atoms. The highest BCUT2D eigenvalue weighted by Crippen LogP contribution is 2.72. The van der Waals surface area contributed by atoms with E-state index in [0.29, 0.717) is 17.8 Å². The Hall–Kier alpha value is -1.46. The first-order valence-corrected chi connectivity index (χ1v) is 13.2. The number of hydrogen-bond acceptors (Lipinski definition) is 5. The van der Waals surface area contributed by atoms with Crippen LogP contribution in [0.5, 0.6) is 0 Å². The van der Waals surface area contributed by atoms with Gasteiger partial charge in [-0.3, -0.25) is 9.59 Å². The normalized spacial score (nSPS) is 49.1. The van der Waals surface area contributed by atoms with Gasteiger partial charge in [0.25, 0.3) is 0 Å². The van der Waals surface area contributed by atoms with Crippen molar-refractivity contribution < 1.29 is 23.8 Å². The largest absolute Gasteiger partial charge is 0.462 e. The number of ether oxygens (including phenoxy) is 3. The molecule has 0 amide bonds. The summed E-state index contributed by atoms with van der Waals surface area (Å²) in [5.74, 6) is 1.43. The van der Waals surface area contributed by atoms with Gasteiger partial charge < -0.3 is 14.2 Å². The van der Waals surface area contributed by atoms with Crippen molar-refractivity contribution in [2.24, 2.45) is 45.3 Å². The van der Waals surface area contributed by atoms with Crippen molar-refractivity contribution in [3.8, 4) is 0 Å². The van der Waals surface area contributed by atoms with Gasteiger partial charge in [0.15, 0.2) is 12.1 Å². The Balaban J connectivity index is 1.57. The number of ketones is 1. The van der Waals surface area contributed by atoms with E-state index in [0.717, 1.165) is 38.7 Å². The lowest BCUT2D eigenvalue weighted by Gasteiger charge is -2.66. The highest BCUT2D eigenvalue weighted by atomic mass is 16.7. The number of allylic oxidation sites excluding steroid dienone is 3. The van der Waals surface area contributed by atoms with E-state index >= 15 is 0 Å². The van der Waals surface area contributed by atoms with Gasteiger partial charge in [-0.15, -0.1) is 0 Å². The Kier molecular flexibility index (Phi) is 5.54. The molecule has 0 aromatic heterocycles. The minimum absolute atomic E-state index is 0.0627. The molecule has 0 aromatic rings. The summed E-state index contributed by atoms with van der Waals surface area (Å²) in [5.41, 5.74) is 0.719. The Morgan fingerprint density at radius 1 is 1.12 bits per heavy atom. The van der Waals surface area contributed by atoms with Crippen molar-refractivity contribution in [2.45, 2.75) is 86.0 Å². The number of esters is 1. The summed E-state index contributed by atoms with van der Waals surface area (Å²) in [6.07, 6.45) is 11.1. The third-order valence-electron chi connectivity index (χ3n) is 11.1. The maximum Gasteiger partial charge on any atom is 0.302 e. The van der Waals surface area contributed by atoms with Crippen LogP contribution in [-0.2, 0) is 23.8 Å². The molecule has 0 bridgehead atoms. The summed E-state index contributed by atoms with van der Waals surface area (Å²) in [5, 5.41) is 0. The maximum atomic E-state index is 12.9. The molecule has 0 N–H and O–H groups in total. The summed E-state index contributed by atoms with van der Waals surface area (Å²) in [6.45, 7) is 13.6. The number of carbonyl (C=O) groups excluding carboxylic acids is 2. The highest BCUT2D eigenvalue weighted by Gasteiger charge is 2.68. The molecule has 5 rings (SSSR count). The lowest BCUT2D eigenvalue weighted by atomic mass is 9.38. The van der Waals surface area contributed by atoms with E-state index < -0.39 is 5.41 Å². The maximum absolute atomic E-state index is 12.9. The highest BCUT2D eigenvalue weighted by molar-refractivity contribution is 5.95. The standard InChI is InChI=1S/C29H42O5/c1-17(30)34-24-15-22-26(2,3)23(31)11-13-28(22,5)21-10-12-27(4)19(8-9-20(27)29(21,24)6)18-14-25(32-7)33-16-18/h9,11,13,18-19,21-22,24-25H,8,10,12,14-16H2,1-7H3/t18-,19+,21-,22+,24-,25+,27+,28-,29+/m1/s1. The molecule has 3 fully saturated rings. The molecule has 9 atom stereocenters. The third kappa shape index (κ3) is 3.11. The molecule has 1 heterocycles. The van der Waals surface area contributed by atoms with Crippen LogP contribution in [0.25, 0.3) is 0 Å². The molecule has 2 saturated carbocycles. The van der Waals surface area contributed by atoms with Crippen LogP contribution in [0, 0.1) is 45.3 Å². The fourth-order valence-corrected chi connectivity index (χ4v) is 9.42. The van der Waals surface area contributed by atoms with Gasteiger partial charge in [-0.1, -0.05) is 52.3 Å². The van der Waals surface area contributed by atoms with Crippen LogP contribution in [0.1, 0.15) is 73.6 Å². The minimum Gasteiger partial charge on any atom is -0.462 e. The van der Waals surface area contributed by atoms with Crippen molar-refractivity contribution in [1.29, 1.82) is 0 Å². The Labute approximate surface area is 204 Å². The molecule has 0 aromatic carbocycles. The first-order valence-electron chi connectivity index (χ1n) is 13.2. The predicted molar refractivity (Wildman–Crippen MR) is 130 cm³/mol. The zero-order valence-corrected chi connectivity index (χ0v) is 22.0. The van der Waals surface area contributed by atoms with Gasteiger partial charge in [0.2, 0.25) is 0 Å². The average Bonchev–Trinajstić information content (AvgIpc) is 3.37. The number of carbonyl (C=O) groups is 2. The van der Waals surface area contributed by atoms with Gasteiger partial charge in [0, 0.05) is 31.3 Å². The van der Waals surface area contributed by atoms with Gasteiger partial charge in [0.1, 0.15) is 6.10 Å². The zero-order chi connectivity index (χ0) is 24.7. The molecule has 0 radical (unpaired) electrons. The average molecular weight is 471 g/mol. The molecule has 4 aliphatic carbocycles. The van der Waals surface area contributed by atoms with Gasteiger partial charge in [-0.2, -0.15) is 0 Å². The van der Waals surface area contributed by atoms with E-state index in [1.54, 1.807) is 7.11 Å². The molecule has 1 aliphatic heterocycles. The second-order valence-electron chi connectivity index (χ2n) is 12.9. The second kappa shape index (κ2) is 7.77. The molecule has 0 spiro atoms. The van der Waals surface area contributed by atoms with Crippen LogP contribution in [0.2, 0.25) is 0 Å². The molecular weight excluding hydrogens is 428 g/mol. The van der Waals surface area contributed by atoms with Gasteiger partial charge in [0.05, 0.1) is 6.61 Å². The molecule has 5 aliphatic rings. The van der Waals surface area contributed by atoms with Gasteiger partial charge in [-0.25, -0.2) is 0 Å². The first-order chi connectivity index (χ1) is 15.9. The Bertz CT molecular complexity index is 948. The lowest BCUT2D eigenvalue weighted by molar-refractivity contribution is -0.188. The fraction of sp³-hybridized carbons (Fsp3) is 0.793. The van der Waals surface area contributed by atoms with Gasteiger partial charge in [-0.05, 0) is 66.3 Å². The van der Waals surface area contributed by atoms with Crippen LogP contribution in [0.15, 0.2) is 23.8 Å². The van der Waals surface area contributed by atoms with E-state index in [-0.39, 0.29) is 46.3 Å². The molecule has 188 valence electrons. The Morgan fingerprint density at radius 3 is 2.50 bits per heavy atom. The fourth-order valence-electron chi connectivity index (χ4n) is 9.42. The topological polar surface area (TPSA) is 61.8 Å². The van der Waals surface area contributed by atoms with Crippen LogP contribution < -0.4 is 0 Å². The summed E-state index contributed by atoms with van der Waals surface area (Å²) < 4.78 is 17.6. The number of methoxy groups -OCH3 is 1. The summed E-state index contributed by atoms with van der Waals surface area (Å²) in [7, 11) is 1.73. The summed E-state index contributed by atoms with van der Waals surface area (Å²) in [6, 6.07) is 0. The molecule has 5 nitrogen and oxygen atoms in total. The van der Waals surface area contributed by atoms with E-state index in [9.17, 15) is 9.59 Å². The van der Waals surface area contributed by atoms with Crippen molar-refractivity contribution in [3.63, 3.8) is 0 Å². The molecular formula is C29H42O5. The van der Waals surface area contributed by atoms with Crippen molar-refractivity contribution in [3.05, 3.63) is 23.8 Å². The van der Waals surface area contributed by atoms with E-state index in [1.165, 1.54) is 12.5 Å². The van der Waals surface area contributed by atoms with E-state index in [1.807, 2.05) is 6.08 Å². The van der Waals surface area contributed by atoms with Crippen molar-refractivity contribution in [1.82, 2.24) is 0 Å². The van der Waals surface area contributed by atoms with Crippen LogP contribution in [0.4, 0.5) is 0 Å². The lowest BCUT2D eigenvalue weighted by Crippen LogP contribution is -2.64. The first kappa shape index (κ1) is 24.2. The Morgan fingerprint density at radius 2 is 1.85 bits per heavy atom. The van der Waals surface area contributed by atoms with E-state index in [4.69, 9.17) is 14.2 Å². The van der Waals surface area contributed by atoms with Crippen LogP contribution in [-0.4, -0.2) is 37.9 Å². The van der Waals surface area contributed by atoms with Gasteiger partial charge >= 0.3 is 5.97 Å². The second-order valence-corrected chi connectivity index (χ2v) is 12.9. The van der Waals surface area contributed by atoms with Crippen molar-refractivity contribution in [2.75, 3.05) is 13.7 Å². The molecule has 5 heteroatoms. The summed E-state index contributed by atoms with van der Waals surface area (Å²) in [4.78, 5) is 25.3. The number of fused-ring (bicyclic) bond motifs is 5. The molecule has 0 unspecified atom stereocenters. The zero-order valence-electron chi connectivity index (χ0n) is 22.0. The smallest absolute Gasteiger partial charge is 0.302 e. The van der Waals surface area contributed by atoms with Crippen LogP contribution in [0.3, 0.4) is 0 Å².